The zero-order chi connectivity index (χ0) is 20.4. The van der Waals surface area contributed by atoms with Crippen molar-refractivity contribution in [1.82, 2.24) is 4.31 Å². The Morgan fingerprint density at radius 2 is 1.68 bits per heavy atom. The molecule has 8 heteroatoms. The Morgan fingerprint density at radius 3 is 2.29 bits per heavy atom. The fourth-order valence-electron chi connectivity index (χ4n) is 3.61. The molecule has 7 nitrogen and oxygen atoms in total. The molecule has 150 valence electrons. The summed E-state index contributed by atoms with van der Waals surface area (Å²) in [6.07, 6.45) is 1.40. The van der Waals surface area contributed by atoms with Gasteiger partial charge in [-0.1, -0.05) is 48.5 Å². The van der Waals surface area contributed by atoms with Crippen LogP contribution in [-0.4, -0.2) is 36.9 Å². The zero-order valence-corrected chi connectivity index (χ0v) is 16.4. The van der Waals surface area contributed by atoms with Crippen LogP contribution in [0.4, 0.5) is 0 Å². The third-order valence-corrected chi connectivity index (χ3v) is 7.22. The molecule has 0 amide bonds. The molecule has 3 N–H and O–H groups in total. The summed E-state index contributed by atoms with van der Waals surface area (Å²) in [5.74, 6) is 4.08. The minimum absolute atomic E-state index is 0.0596. The van der Waals surface area contributed by atoms with Gasteiger partial charge in [0.05, 0.1) is 4.90 Å². The van der Waals surface area contributed by atoms with E-state index in [1.165, 1.54) is 22.0 Å². The smallest absolute Gasteiger partial charge is 0.360 e. The molecule has 1 aliphatic rings. The summed E-state index contributed by atoms with van der Waals surface area (Å²) in [7, 11) is -3.90. The van der Waals surface area contributed by atoms with Crippen molar-refractivity contribution >= 4 is 16.0 Å². The number of piperidine rings is 1. The van der Waals surface area contributed by atoms with Crippen LogP contribution in [0.5, 0.6) is 0 Å². The highest BCUT2D eigenvalue weighted by Gasteiger charge is 2.40. The van der Waals surface area contributed by atoms with Gasteiger partial charge < -0.3 is 9.94 Å². The molecule has 1 fully saturated rings. The van der Waals surface area contributed by atoms with Crippen LogP contribution in [0.1, 0.15) is 36.8 Å². The Kier molecular flexibility index (Phi) is 5.85. The molecule has 1 heterocycles. The fraction of sp³-hybridized carbons (Fsp3) is 0.350. The number of hydrogen-bond donors (Lipinski definition) is 2. The van der Waals surface area contributed by atoms with Crippen LogP contribution in [0.3, 0.4) is 0 Å². The zero-order valence-electron chi connectivity index (χ0n) is 15.6. The van der Waals surface area contributed by atoms with Crippen LogP contribution in [0.2, 0.25) is 0 Å². The second-order valence-electron chi connectivity index (χ2n) is 7.06. The van der Waals surface area contributed by atoms with E-state index in [0.717, 1.165) is 6.92 Å². The first-order valence-corrected chi connectivity index (χ1v) is 10.5. The average molecular weight is 404 g/mol. The predicted molar refractivity (Wildman–Crippen MR) is 103 cm³/mol. The van der Waals surface area contributed by atoms with Crippen LogP contribution in [0, 0.1) is 0 Å². The SMILES string of the molecule is CC(O)(C(=O)ON)c1ccccc1S(=O)(=O)N1CCC(c2ccccc2)CC1. The number of hydrogen-bond acceptors (Lipinski definition) is 6. The van der Waals surface area contributed by atoms with Crippen molar-refractivity contribution < 1.29 is 23.2 Å². The molecule has 0 radical (unpaired) electrons. The summed E-state index contributed by atoms with van der Waals surface area (Å²) in [5, 5.41) is 10.6. The van der Waals surface area contributed by atoms with Gasteiger partial charge in [-0.25, -0.2) is 13.2 Å². The van der Waals surface area contributed by atoms with Gasteiger partial charge in [-0.05, 0) is 37.3 Å². The number of carbonyl (C=O) groups is 1. The highest BCUT2D eigenvalue weighted by atomic mass is 32.2. The van der Waals surface area contributed by atoms with Crippen LogP contribution in [0.15, 0.2) is 59.5 Å². The molecule has 0 aliphatic carbocycles. The molecule has 0 bridgehead atoms. The van der Waals surface area contributed by atoms with E-state index in [2.05, 4.69) is 17.0 Å². The van der Waals surface area contributed by atoms with Gasteiger partial charge in [0.25, 0.3) is 0 Å². The normalized spacial score (nSPS) is 18.4. The molecule has 3 rings (SSSR count). The second kappa shape index (κ2) is 8.00. The van der Waals surface area contributed by atoms with Crippen molar-refractivity contribution in [2.45, 2.75) is 36.2 Å². The predicted octanol–water partition coefficient (Wildman–Crippen LogP) is 1.88. The summed E-state index contributed by atoms with van der Waals surface area (Å²) < 4.78 is 27.9. The van der Waals surface area contributed by atoms with Crippen molar-refractivity contribution in [3.8, 4) is 0 Å². The van der Waals surface area contributed by atoms with Crippen molar-refractivity contribution in [3.05, 3.63) is 65.7 Å². The lowest BCUT2D eigenvalue weighted by molar-refractivity contribution is -0.165. The molecule has 1 saturated heterocycles. The lowest BCUT2D eigenvalue weighted by Gasteiger charge is -2.32. The van der Waals surface area contributed by atoms with Crippen LogP contribution < -0.4 is 5.90 Å². The number of nitrogens with two attached hydrogens (primary N) is 1. The molecular weight excluding hydrogens is 380 g/mol. The third-order valence-electron chi connectivity index (χ3n) is 5.26. The highest BCUT2D eigenvalue weighted by Crippen LogP contribution is 2.34. The second-order valence-corrected chi connectivity index (χ2v) is 8.97. The molecule has 0 spiro atoms. The fourth-order valence-corrected chi connectivity index (χ4v) is 5.38. The summed E-state index contributed by atoms with van der Waals surface area (Å²) in [6, 6.07) is 15.9. The van der Waals surface area contributed by atoms with Gasteiger partial charge in [0.1, 0.15) is 0 Å². The first-order valence-electron chi connectivity index (χ1n) is 9.06. The largest absolute Gasteiger partial charge is 0.374 e. The molecule has 2 aromatic carbocycles. The number of aliphatic hydroxyl groups is 1. The minimum atomic E-state index is -3.90. The lowest BCUT2D eigenvalue weighted by Crippen LogP contribution is -2.41. The quantitative estimate of drug-likeness (QED) is 0.737. The molecule has 2 aromatic rings. The monoisotopic (exact) mass is 404 g/mol. The Morgan fingerprint density at radius 1 is 1.11 bits per heavy atom. The summed E-state index contributed by atoms with van der Waals surface area (Å²) >= 11 is 0. The Bertz CT molecular complexity index is 936. The first-order chi connectivity index (χ1) is 13.3. The van der Waals surface area contributed by atoms with Crippen LogP contribution >= 0.6 is 0 Å². The molecular formula is C20H24N2O5S. The maximum atomic E-state index is 13.2. The topological polar surface area (TPSA) is 110 Å². The maximum Gasteiger partial charge on any atom is 0.360 e. The molecule has 0 aromatic heterocycles. The molecule has 0 saturated carbocycles. The molecule has 1 unspecified atom stereocenters. The van der Waals surface area contributed by atoms with E-state index in [9.17, 15) is 18.3 Å². The van der Waals surface area contributed by atoms with Gasteiger partial charge in [0, 0.05) is 18.7 Å². The van der Waals surface area contributed by atoms with Gasteiger partial charge in [-0.15, -0.1) is 0 Å². The standard InChI is InChI=1S/C20H24N2O5S/c1-20(24,19(23)27-21)17-9-5-6-10-18(17)28(25,26)22-13-11-16(12-14-22)15-7-3-2-4-8-15/h2-10,16,24H,11-14,21H2,1H3. The molecule has 1 atom stereocenters. The van der Waals surface area contributed by atoms with Crippen molar-refractivity contribution in [1.29, 1.82) is 0 Å². The van der Waals surface area contributed by atoms with Crippen molar-refractivity contribution in [2.24, 2.45) is 5.90 Å². The van der Waals surface area contributed by atoms with E-state index in [0.29, 0.717) is 31.8 Å². The Hall–Kier alpha value is -2.26. The van der Waals surface area contributed by atoms with Crippen LogP contribution in [-0.2, 0) is 25.3 Å². The van der Waals surface area contributed by atoms with Gasteiger partial charge in [0.15, 0.2) is 5.60 Å². The van der Waals surface area contributed by atoms with E-state index in [-0.39, 0.29) is 10.5 Å². The molecule has 1 aliphatic heterocycles. The van der Waals surface area contributed by atoms with Gasteiger partial charge in [-0.2, -0.15) is 10.2 Å². The van der Waals surface area contributed by atoms with Gasteiger partial charge in [0.2, 0.25) is 10.0 Å². The van der Waals surface area contributed by atoms with E-state index in [1.807, 2.05) is 18.2 Å². The summed E-state index contributed by atoms with van der Waals surface area (Å²) in [6.45, 7) is 1.89. The van der Waals surface area contributed by atoms with Gasteiger partial charge >= 0.3 is 5.97 Å². The Balaban J connectivity index is 1.86. The van der Waals surface area contributed by atoms with E-state index < -0.39 is 21.6 Å². The van der Waals surface area contributed by atoms with Crippen LogP contribution in [0.25, 0.3) is 0 Å². The maximum absolute atomic E-state index is 13.2. The summed E-state index contributed by atoms with van der Waals surface area (Å²) in [5.41, 5.74) is -1.04. The number of benzene rings is 2. The number of rotatable bonds is 5. The Labute approximate surface area is 164 Å². The van der Waals surface area contributed by atoms with E-state index >= 15 is 0 Å². The van der Waals surface area contributed by atoms with E-state index in [1.54, 1.807) is 12.1 Å². The number of carbonyl (C=O) groups excluding carboxylic acids is 1. The average Bonchev–Trinajstić information content (AvgIpc) is 2.73. The minimum Gasteiger partial charge on any atom is -0.374 e. The third kappa shape index (κ3) is 3.81. The van der Waals surface area contributed by atoms with E-state index in [4.69, 9.17) is 5.90 Å². The first kappa shape index (κ1) is 20.5. The number of nitrogens with zero attached hydrogens (tertiary/aromatic N) is 1. The highest BCUT2D eigenvalue weighted by molar-refractivity contribution is 7.89. The van der Waals surface area contributed by atoms with Gasteiger partial charge in [-0.3, -0.25) is 0 Å². The van der Waals surface area contributed by atoms with Crippen molar-refractivity contribution in [3.63, 3.8) is 0 Å². The van der Waals surface area contributed by atoms with Crippen molar-refractivity contribution in [2.75, 3.05) is 13.1 Å². The summed E-state index contributed by atoms with van der Waals surface area (Å²) in [4.78, 5) is 15.9. The lowest BCUT2D eigenvalue weighted by atomic mass is 9.90. The molecule has 28 heavy (non-hydrogen) atoms. The number of sulfonamides is 1.